The van der Waals surface area contributed by atoms with Gasteiger partial charge in [-0.3, -0.25) is 4.98 Å². The van der Waals surface area contributed by atoms with Gasteiger partial charge in [0.1, 0.15) is 11.2 Å². The molecule has 0 atom stereocenters. The van der Waals surface area contributed by atoms with Gasteiger partial charge in [-0.05, 0) is 31.4 Å². The average molecular weight is 410 g/mol. The zero-order chi connectivity index (χ0) is 18.3. The summed E-state index contributed by atoms with van der Waals surface area (Å²) in [7, 11) is -0.296. The van der Waals surface area contributed by atoms with Crippen molar-refractivity contribution in [1.82, 2.24) is 15.0 Å². The Bertz CT molecular complexity index is 979. The van der Waals surface area contributed by atoms with Crippen LogP contribution in [0.15, 0.2) is 24.4 Å². The fraction of sp³-hybridized carbons (Fsp3) is 0.278. The molecule has 4 heterocycles. The standard InChI is InChI=1S/C18H15Cl2FN3OP/c1-10-15(19)16(20)18-13(23-10)8-12(21)17(24-18)11-2-3-14(22-9-11)26-6-4-25-5-7-26/h2-3,8-9H,4-7H2,1H3. The maximum absolute atomic E-state index is 14.6. The first-order valence-electron chi connectivity index (χ1n) is 8.15. The summed E-state index contributed by atoms with van der Waals surface area (Å²) in [5.41, 5.74) is 3.17. The van der Waals surface area contributed by atoms with Crippen LogP contribution in [-0.4, -0.2) is 40.5 Å². The summed E-state index contributed by atoms with van der Waals surface area (Å²) in [5.74, 6) is -0.464. The highest BCUT2D eigenvalue weighted by atomic mass is 35.5. The Morgan fingerprint density at radius 2 is 1.88 bits per heavy atom. The molecule has 8 heteroatoms. The lowest BCUT2D eigenvalue weighted by Crippen LogP contribution is -2.20. The molecule has 0 aliphatic carbocycles. The Hall–Kier alpha value is -1.39. The highest BCUT2D eigenvalue weighted by Crippen LogP contribution is 2.36. The molecule has 0 bridgehead atoms. The van der Waals surface area contributed by atoms with E-state index in [9.17, 15) is 4.39 Å². The van der Waals surface area contributed by atoms with Crippen LogP contribution >= 0.6 is 31.1 Å². The quantitative estimate of drug-likeness (QED) is 0.581. The van der Waals surface area contributed by atoms with Gasteiger partial charge in [-0.15, -0.1) is 0 Å². The van der Waals surface area contributed by atoms with E-state index in [1.165, 1.54) is 6.07 Å². The van der Waals surface area contributed by atoms with Gasteiger partial charge in [0.2, 0.25) is 0 Å². The number of hydrogen-bond acceptors (Lipinski definition) is 4. The van der Waals surface area contributed by atoms with Crippen LogP contribution in [0.3, 0.4) is 0 Å². The molecule has 3 aromatic heterocycles. The smallest absolute Gasteiger partial charge is 0.151 e. The summed E-state index contributed by atoms with van der Waals surface area (Å²) in [6.45, 7) is 3.28. The Labute approximate surface area is 161 Å². The second-order valence-corrected chi connectivity index (χ2v) is 9.20. The van der Waals surface area contributed by atoms with E-state index in [0.29, 0.717) is 27.3 Å². The number of aromatic nitrogens is 3. The normalized spacial score (nSPS) is 15.5. The second kappa shape index (κ2) is 7.32. The van der Waals surface area contributed by atoms with E-state index in [1.807, 2.05) is 12.1 Å². The number of hydrogen-bond donors (Lipinski definition) is 0. The SMILES string of the molecule is Cc1nc2cc(F)c(-c3ccc(P4CCOCC4)nc3)nc2c(Cl)c1Cl. The van der Waals surface area contributed by atoms with E-state index in [4.69, 9.17) is 27.9 Å². The van der Waals surface area contributed by atoms with E-state index in [0.717, 1.165) is 31.0 Å². The largest absolute Gasteiger partial charge is 0.381 e. The number of ether oxygens (including phenoxy) is 1. The molecule has 134 valence electrons. The van der Waals surface area contributed by atoms with Gasteiger partial charge in [0.15, 0.2) is 5.82 Å². The van der Waals surface area contributed by atoms with Gasteiger partial charge >= 0.3 is 0 Å². The molecule has 26 heavy (non-hydrogen) atoms. The van der Waals surface area contributed by atoms with Crippen LogP contribution in [0.2, 0.25) is 10.0 Å². The number of rotatable bonds is 2. The highest BCUT2D eigenvalue weighted by molar-refractivity contribution is 7.65. The fourth-order valence-corrected chi connectivity index (χ4v) is 5.22. The molecule has 3 aromatic rings. The van der Waals surface area contributed by atoms with Crippen molar-refractivity contribution in [1.29, 1.82) is 0 Å². The van der Waals surface area contributed by atoms with Gasteiger partial charge in [0.05, 0.1) is 39.9 Å². The van der Waals surface area contributed by atoms with Gasteiger partial charge in [-0.1, -0.05) is 31.1 Å². The van der Waals surface area contributed by atoms with Crippen molar-refractivity contribution in [2.24, 2.45) is 0 Å². The third-order valence-electron chi connectivity index (χ3n) is 4.32. The zero-order valence-electron chi connectivity index (χ0n) is 14.0. The summed E-state index contributed by atoms with van der Waals surface area (Å²) in [5, 5.41) is 0.616. The highest BCUT2D eigenvalue weighted by Gasteiger charge is 2.18. The number of pyridine rings is 3. The van der Waals surface area contributed by atoms with Crippen LogP contribution in [-0.2, 0) is 4.74 Å². The topological polar surface area (TPSA) is 47.9 Å². The second-order valence-electron chi connectivity index (χ2n) is 6.02. The molecule has 0 amide bonds. The van der Waals surface area contributed by atoms with E-state index in [-0.39, 0.29) is 18.6 Å². The van der Waals surface area contributed by atoms with Crippen LogP contribution in [0, 0.1) is 12.7 Å². The van der Waals surface area contributed by atoms with Gasteiger partial charge < -0.3 is 4.74 Å². The minimum atomic E-state index is -0.464. The van der Waals surface area contributed by atoms with Gasteiger partial charge in [-0.2, -0.15) is 0 Å². The lowest BCUT2D eigenvalue weighted by molar-refractivity contribution is 0.159. The van der Waals surface area contributed by atoms with Crippen molar-refractivity contribution >= 4 is 47.6 Å². The predicted octanol–water partition coefficient (Wildman–Crippen LogP) is 4.58. The van der Waals surface area contributed by atoms with E-state index < -0.39 is 5.82 Å². The molecule has 0 spiro atoms. The number of nitrogens with zero attached hydrogens (tertiary/aromatic N) is 3. The third kappa shape index (κ3) is 3.29. The Morgan fingerprint density at radius 1 is 1.12 bits per heavy atom. The van der Waals surface area contributed by atoms with Crippen LogP contribution in [0.4, 0.5) is 4.39 Å². The minimum Gasteiger partial charge on any atom is -0.381 e. The van der Waals surface area contributed by atoms with Gasteiger partial charge in [-0.25, -0.2) is 14.4 Å². The van der Waals surface area contributed by atoms with Crippen molar-refractivity contribution in [2.45, 2.75) is 6.92 Å². The summed E-state index contributed by atoms with van der Waals surface area (Å²) in [6.07, 6.45) is 3.70. The molecular formula is C18H15Cl2FN3OP. The van der Waals surface area contributed by atoms with Gasteiger partial charge in [0.25, 0.3) is 0 Å². The molecule has 0 aromatic carbocycles. The Morgan fingerprint density at radius 3 is 2.58 bits per heavy atom. The number of halogens is 3. The van der Waals surface area contributed by atoms with Gasteiger partial charge in [0, 0.05) is 17.8 Å². The molecular weight excluding hydrogens is 395 g/mol. The third-order valence-corrected chi connectivity index (χ3v) is 7.60. The van der Waals surface area contributed by atoms with Crippen molar-refractivity contribution in [3.05, 3.63) is 46.0 Å². The minimum absolute atomic E-state index is 0.194. The van der Waals surface area contributed by atoms with Crippen molar-refractivity contribution in [3.63, 3.8) is 0 Å². The van der Waals surface area contributed by atoms with E-state index in [2.05, 4.69) is 15.0 Å². The summed E-state index contributed by atoms with van der Waals surface area (Å²) < 4.78 is 20.0. The molecule has 1 saturated heterocycles. The first kappa shape index (κ1) is 18.0. The first-order valence-corrected chi connectivity index (χ1v) is 10.6. The van der Waals surface area contributed by atoms with Crippen molar-refractivity contribution < 1.29 is 9.13 Å². The number of aryl methyl sites for hydroxylation is 1. The molecule has 0 unspecified atom stereocenters. The van der Waals surface area contributed by atoms with Crippen LogP contribution in [0.1, 0.15) is 5.69 Å². The van der Waals surface area contributed by atoms with E-state index >= 15 is 0 Å². The van der Waals surface area contributed by atoms with Crippen LogP contribution in [0.25, 0.3) is 22.3 Å². The molecule has 0 radical (unpaired) electrons. The maximum atomic E-state index is 14.6. The first-order chi connectivity index (χ1) is 12.5. The van der Waals surface area contributed by atoms with Crippen LogP contribution in [0.5, 0.6) is 0 Å². The molecule has 1 aliphatic rings. The fourth-order valence-electron chi connectivity index (χ4n) is 2.93. The van der Waals surface area contributed by atoms with Crippen molar-refractivity contribution in [3.8, 4) is 11.3 Å². The molecule has 0 saturated carbocycles. The average Bonchev–Trinajstić information content (AvgIpc) is 2.67. The van der Waals surface area contributed by atoms with Crippen LogP contribution < -0.4 is 5.44 Å². The summed E-state index contributed by atoms with van der Waals surface area (Å²) in [4.78, 5) is 13.2. The predicted molar refractivity (Wildman–Crippen MR) is 105 cm³/mol. The number of fused-ring (bicyclic) bond motifs is 1. The molecule has 4 rings (SSSR count). The maximum Gasteiger partial charge on any atom is 0.151 e. The lowest BCUT2D eigenvalue weighted by Gasteiger charge is -2.22. The van der Waals surface area contributed by atoms with E-state index in [1.54, 1.807) is 13.1 Å². The Balaban J connectivity index is 1.75. The lowest BCUT2D eigenvalue weighted by atomic mass is 10.1. The molecule has 0 N–H and O–H groups in total. The molecule has 1 fully saturated rings. The summed E-state index contributed by atoms with van der Waals surface area (Å²) in [6, 6.07) is 5.15. The van der Waals surface area contributed by atoms with Crippen molar-refractivity contribution in [2.75, 3.05) is 25.5 Å². The Kier molecular flexibility index (Phi) is 5.07. The molecule has 1 aliphatic heterocycles. The zero-order valence-corrected chi connectivity index (χ0v) is 16.4. The monoisotopic (exact) mass is 409 g/mol. The molecule has 4 nitrogen and oxygen atoms in total. The summed E-state index contributed by atoms with van der Waals surface area (Å²) >= 11 is 12.4.